The molecule has 33 heavy (non-hydrogen) atoms. The smallest absolute Gasteiger partial charge is 0.293 e. The van der Waals surface area contributed by atoms with Crippen LogP contribution in [0, 0.1) is 0 Å². The summed E-state index contributed by atoms with van der Waals surface area (Å²) in [6, 6.07) is 23.3. The lowest BCUT2D eigenvalue weighted by Gasteiger charge is -2.13. The minimum atomic E-state index is -0.281. The van der Waals surface area contributed by atoms with Gasteiger partial charge in [0.1, 0.15) is 6.61 Å². The molecule has 4 rings (SSSR count). The number of nitrogens with zero attached hydrogens (tertiary/aromatic N) is 1. The summed E-state index contributed by atoms with van der Waals surface area (Å²) in [7, 11) is 1.57. The van der Waals surface area contributed by atoms with Crippen LogP contribution in [-0.2, 0) is 17.8 Å². The molecule has 3 aromatic carbocycles. The van der Waals surface area contributed by atoms with Crippen LogP contribution < -0.4 is 9.47 Å². The molecule has 1 saturated heterocycles. The molecule has 0 unspecified atom stereocenters. The third-order valence-corrected chi connectivity index (χ3v) is 6.74. The summed E-state index contributed by atoms with van der Waals surface area (Å²) < 4.78 is 12.2. The molecule has 0 bridgehead atoms. The molecule has 1 fully saturated rings. The summed E-state index contributed by atoms with van der Waals surface area (Å²) in [4.78, 5) is 27.0. The molecule has 1 aliphatic heterocycles. The number of carbonyl (C=O) groups excluding carboxylic acids is 2. The zero-order chi connectivity index (χ0) is 23.2. The Balaban J connectivity index is 1.49. The number of ether oxygens (including phenoxy) is 2. The third kappa shape index (κ3) is 5.67. The van der Waals surface area contributed by atoms with Gasteiger partial charge in [0.2, 0.25) is 0 Å². The maximum Gasteiger partial charge on any atom is 0.293 e. The quantitative estimate of drug-likeness (QED) is 0.323. The van der Waals surface area contributed by atoms with Crippen molar-refractivity contribution in [3.63, 3.8) is 0 Å². The van der Waals surface area contributed by atoms with Crippen molar-refractivity contribution in [3.8, 4) is 11.5 Å². The molecular weight excluding hydrogens is 502 g/mol. The zero-order valence-corrected chi connectivity index (χ0v) is 20.4. The number of imide groups is 1. The lowest BCUT2D eigenvalue weighted by Crippen LogP contribution is -2.30. The molecule has 2 amide bonds. The van der Waals surface area contributed by atoms with Crippen LogP contribution in [0.4, 0.5) is 4.79 Å². The zero-order valence-electron chi connectivity index (χ0n) is 18.0. The number of amides is 2. The SMILES string of the molecule is COc1cc(/C=C2\SC(=O)N(CCc3ccccc3)C2=O)c(Br)cc1OCc1ccccc1. The van der Waals surface area contributed by atoms with E-state index in [1.165, 1.54) is 4.90 Å². The summed E-state index contributed by atoms with van der Waals surface area (Å²) >= 11 is 4.51. The molecule has 0 atom stereocenters. The fraction of sp³-hybridized carbons (Fsp3) is 0.154. The number of methoxy groups -OCH3 is 1. The number of benzene rings is 3. The number of hydrogen-bond donors (Lipinski definition) is 0. The van der Waals surface area contributed by atoms with Crippen molar-refractivity contribution in [2.24, 2.45) is 0 Å². The van der Waals surface area contributed by atoms with Crippen molar-refractivity contribution in [2.75, 3.05) is 13.7 Å². The summed E-state index contributed by atoms with van der Waals surface area (Å²) in [6.45, 7) is 0.756. The van der Waals surface area contributed by atoms with Gasteiger partial charge in [-0.1, -0.05) is 76.6 Å². The van der Waals surface area contributed by atoms with Gasteiger partial charge in [0.05, 0.1) is 12.0 Å². The Bertz CT molecular complexity index is 1180. The minimum Gasteiger partial charge on any atom is -0.493 e. The lowest BCUT2D eigenvalue weighted by atomic mass is 10.1. The maximum absolute atomic E-state index is 12.9. The molecule has 0 N–H and O–H groups in total. The van der Waals surface area contributed by atoms with Crippen LogP contribution in [0.3, 0.4) is 0 Å². The average Bonchev–Trinajstić information content (AvgIpc) is 3.11. The number of halogens is 1. The highest BCUT2D eigenvalue weighted by atomic mass is 79.9. The Labute approximate surface area is 205 Å². The van der Waals surface area contributed by atoms with Gasteiger partial charge in [0.25, 0.3) is 11.1 Å². The Kier molecular flexibility index (Phi) is 7.52. The Morgan fingerprint density at radius 3 is 2.27 bits per heavy atom. The molecule has 0 radical (unpaired) electrons. The van der Waals surface area contributed by atoms with Gasteiger partial charge < -0.3 is 9.47 Å². The second-order valence-electron chi connectivity index (χ2n) is 7.37. The van der Waals surface area contributed by atoms with Gasteiger partial charge in [-0.3, -0.25) is 14.5 Å². The first-order chi connectivity index (χ1) is 16.0. The van der Waals surface area contributed by atoms with E-state index in [0.717, 1.165) is 32.9 Å². The van der Waals surface area contributed by atoms with E-state index in [2.05, 4.69) is 15.9 Å². The van der Waals surface area contributed by atoms with Gasteiger partial charge in [-0.15, -0.1) is 0 Å². The van der Waals surface area contributed by atoms with E-state index in [9.17, 15) is 9.59 Å². The predicted octanol–water partition coefficient (Wildman–Crippen LogP) is 6.32. The lowest BCUT2D eigenvalue weighted by molar-refractivity contribution is -0.122. The van der Waals surface area contributed by atoms with Crippen LogP contribution in [-0.4, -0.2) is 29.7 Å². The van der Waals surface area contributed by atoms with E-state index in [-0.39, 0.29) is 11.1 Å². The van der Waals surface area contributed by atoms with E-state index in [1.54, 1.807) is 19.3 Å². The Morgan fingerprint density at radius 1 is 0.939 bits per heavy atom. The fourth-order valence-electron chi connectivity index (χ4n) is 3.39. The predicted molar refractivity (Wildman–Crippen MR) is 134 cm³/mol. The highest BCUT2D eigenvalue weighted by molar-refractivity contribution is 9.10. The van der Waals surface area contributed by atoms with Gasteiger partial charge >= 0.3 is 0 Å². The van der Waals surface area contributed by atoms with Gasteiger partial charge in [0, 0.05) is 11.0 Å². The first-order valence-electron chi connectivity index (χ1n) is 10.4. The molecule has 7 heteroatoms. The van der Waals surface area contributed by atoms with Gasteiger partial charge in [-0.2, -0.15) is 0 Å². The number of carbonyl (C=O) groups is 2. The van der Waals surface area contributed by atoms with Crippen LogP contribution in [0.2, 0.25) is 0 Å². The van der Waals surface area contributed by atoms with Gasteiger partial charge in [-0.05, 0) is 53.1 Å². The van der Waals surface area contributed by atoms with Crippen LogP contribution in [0.15, 0.2) is 82.2 Å². The fourth-order valence-corrected chi connectivity index (χ4v) is 4.68. The molecule has 1 heterocycles. The molecule has 0 aromatic heterocycles. The Hall–Kier alpha value is -3.03. The summed E-state index contributed by atoms with van der Waals surface area (Å²) in [6.07, 6.45) is 2.33. The molecule has 0 aliphatic carbocycles. The van der Waals surface area contributed by atoms with E-state index >= 15 is 0 Å². The molecule has 0 saturated carbocycles. The van der Waals surface area contributed by atoms with Crippen LogP contribution >= 0.6 is 27.7 Å². The third-order valence-electron chi connectivity index (χ3n) is 5.15. The normalized spacial score (nSPS) is 14.7. The monoisotopic (exact) mass is 523 g/mol. The van der Waals surface area contributed by atoms with E-state index in [0.29, 0.717) is 36.0 Å². The number of hydrogen-bond acceptors (Lipinski definition) is 5. The topological polar surface area (TPSA) is 55.8 Å². The first-order valence-corrected chi connectivity index (χ1v) is 12.0. The largest absolute Gasteiger partial charge is 0.493 e. The van der Waals surface area contributed by atoms with Crippen molar-refractivity contribution in [1.29, 1.82) is 0 Å². The standard InChI is InChI=1S/C26H22BrNO4S/c1-31-22-14-20(21(27)16-23(22)32-17-19-10-6-3-7-11-19)15-24-25(29)28(26(30)33-24)13-12-18-8-4-2-5-9-18/h2-11,14-16H,12-13,17H2,1H3/b24-15-. The van der Waals surface area contributed by atoms with E-state index in [4.69, 9.17) is 9.47 Å². The molecule has 5 nitrogen and oxygen atoms in total. The number of thioether (sulfide) groups is 1. The minimum absolute atomic E-state index is 0.256. The van der Waals surface area contributed by atoms with E-state index in [1.807, 2.05) is 66.7 Å². The van der Waals surface area contributed by atoms with Crippen LogP contribution in [0.5, 0.6) is 11.5 Å². The second kappa shape index (κ2) is 10.7. The Morgan fingerprint density at radius 2 is 1.61 bits per heavy atom. The molecular formula is C26H22BrNO4S. The van der Waals surface area contributed by atoms with Crippen molar-refractivity contribution in [1.82, 2.24) is 4.90 Å². The summed E-state index contributed by atoms with van der Waals surface area (Å²) in [5.74, 6) is 0.848. The van der Waals surface area contributed by atoms with Crippen LogP contribution in [0.25, 0.3) is 6.08 Å². The average molecular weight is 524 g/mol. The second-order valence-corrected chi connectivity index (χ2v) is 9.22. The van der Waals surface area contributed by atoms with Crippen molar-refractivity contribution < 1.29 is 19.1 Å². The van der Waals surface area contributed by atoms with Gasteiger partial charge in [-0.25, -0.2) is 0 Å². The van der Waals surface area contributed by atoms with Gasteiger partial charge in [0.15, 0.2) is 11.5 Å². The van der Waals surface area contributed by atoms with Crippen molar-refractivity contribution >= 4 is 44.9 Å². The van der Waals surface area contributed by atoms with Crippen LogP contribution in [0.1, 0.15) is 16.7 Å². The summed E-state index contributed by atoms with van der Waals surface area (Å²) in [5, 5.41) is -0.256. The molecule has 1 aliphatic rings. The highest BCUT2D eigenvalue weighted by Crippen LogP contribution is 2.38. The first kappa shape index (κ1) is 23.1. The summed E-state index contributed by atoms with van der Waals surface area (Å²) in [5.41, 5.74) is 2.86. The number of rotatable bonds is 8. The van der Waals surface area contributed by atoms with Crippen molar-refractivity contribution in [3.05, 3.63) is 98.9 Å². The highest BCUT2D eigenvalue weighted by Gasteiger charge is 2.34. The van der Waals surface area contributed by atoms with E-state index < -0.39 is 0 Å². The van der Waals surface area contributed by atoms with Crippen molar-refractivity contribution in [2.45, 2.75) is 13.0 Å². The molecule has 0 spiro atoms. The molecule has 168 valence electrons. The molecule has 3 aromatic rings. The maximum atomic E-state index is 12.9.